The zero-order valence-corrected chi connectivity index (χ0v) is 13.1. The summed E-state index contributed by atoms with van der Waals surface area (Å²) in [6, 6.07) is 6.32. The summed E-state index contributed by atoms with van der Waals surface area (Å²) in [5, 5.41) is 0.669. The van der Waals surface area contributed by atoms with Gasteiger partial charge in [-0.05, 0) is 38.2 Å². The van der Waals surface area contributed by atoms with Gasteiger partial charge in [-0.2, -0.15) is 0 Å². The van der Waals surface area contributed by atoms with E-state index in [2.05, 4.69) is 30.8 Å². The lowest BCUT2D eigenvalue weighted by atomic mass is 10.1. The largest absolute Gasteiger partial charge is 0.389 e. The van der Waals surface area contributed by atoms with Gasteiger partial charge in [0.25, 0.3) is 0 Å². The first-order valence-corrected chi connectivity index (χ1v) is 7.19. The van der Waals surface area contributed by atoms with Crippen molar-refractivity contribution in [3.8, 4) is 0 Å². The van der Waals surface area contributed by atoms with Crippen molar-refractivity contribution in [1.29, 1.82) is 0 Å². The smallest absolute Gasteiger partial charge is 0.106 e. The van der Waals surface area contributed by atoms with Crippen molar-refractivity contribution in [3.05, 3.63) is 28.8 Å². The molecule has 3 nitrogen and oxygen atoms in total. The average Bonchev–Trinajstić information content (AvgIpc) is 2.71. The first-order chi connectivity index (χ1) is 8.90. The second kappa shape index (κ2) is 5.65. The third-order valence-corrected chi connectivity index (χ3v) is 4.26. The van der Waals surface area contributed by atoms with Crippen molar-refractivity contribution >= 4 is 34.5 Å². The van der Waals surface area contributed by atoms with E-state index < -0.39 is 0 Å². The summed E-state index contributed by atoms with van der Waals surface area (Å²) in [4.78, 5) is 5.03. The molecule has 2 atom stereocenters. The van der Waals surface area contributed by atoms with Crippen molar-refractivity contribution in [2.24, 2.45) is 11.7 Å². The van der Waals surface area contributed by atoms with Gasteiger partial charge >= 0.3 is 0 Å². The topological polar surface area (TPSA) is 32.5 Å². The predicted octanol–water partition coefficient (Wildman–Crippen LogP) is 2.36. The molecule has 0 amide bonds. The number of hydrogen-bond donors (Lipinski definition) is 1. The molecule has 1 aromatic carbocycles. The third-order valence-electron chi connectivity index (χ3n) is 3.80. The molecule has 2 unspecified atom stereocenters. The van der Waals surface area contributed by atoms with Gasteiger partial charge in [0, 0.05) is 35.4 Å². The summed E-state index contributed by atoms with van der Waals surface area (Å²) in [6.07, 6.45) is 0. The van der Waals surface area contributed by atoms with Gasteiger partial charge in [0.15, 0.2) is 0 Å². The van der Waals surface area contributed by atoms with Crippen LogP contribution in [0.2, 0.25) is 5.02 Å². The second-order valence-corrected chi connectivity index (χ2v) is 6.32. The van der Waals surface area contributed by atoms with Crippen LogP contribution in [-0.2, 0) is 0 Å². The molecule has 104 valence electrons. The molecular formula is C14H20ClN3S. The van der Waals surface area contributed by atoms with E-state index in [1.54, 1.807) is 0 Å². The fraction of sp³-hybridized carbons (Fsp3) is 0.500. The van der Waals surface area contributed by atoms with Crippen LogP contribution in [0.5, 0.6) is 0 Å². The molecule has 5 heteroatoms. The molecule has 2 N–H and O–H groups in total. The minimum Gasteiger partial charge on any atom is -0.389 e. The number of halogens is 1. The molecule has 1 fully saturated rings. The molecule has 1 saturated heterocycles. The van der Waals surface area contributed by atoms with Gasteiger partial charge in [0.2, 0.25) is 0 Å². The van der Waals surface area contributed by atoms with Crippen LogP contribution < -0.4 is 10.6 Å². The summed E-state index contributed by atoms with van der Waals surface area (Å²) >= 11 is 11.2. The van der Waals surface area contributed by atoms with Crippen molar-refractivity contribution in [1.82, 2.24) is 4.90 Å². The van der Waals surface area contributed by atoms with Gasteiger partial charge in [-0.15, -0.1) is 0 Å². The maximum Gasteiger partial charge on any atom is 0.106 e. The van der Waals surface area contributed by atoms with Crippen molar-refractivity contribution in [2.75, 3.05) is 32.1 Å². The first kappa shape index (κ1) is 14.6. The van der Waals surface area contributed by atoms with E-state index in [0.717, 1.165) is 24.3 Å². The summed E-state index contributed by atoms with van der Waals surface area (Å²) in [5.74, 6) is 0.616. The molecule has 1 aliphatic rings. The molecule has 2 rings (SSSR count). The highest BCUT2D eigenvalue weighted by molar-refractivity contribution is 7.80. The lowest BCUT2D eigenvalue weighted by Gasteiger charge is -2.24. The second-order valence-electron chi connectivity index (χ2n) is 5.44. The number of anilines is 1. The Kier molecular flexibility index (Phi) is 4.33. The maximum atomic E-state index is 6.03. The molecule has 0 radical (unpaired) electrons. The number of benzene rings is 1. The molecule has 1 aliphatic heterocycles. The van der Waals surface area contributed by atoms with Gasteiger partial charge in [0.1, 0.15) is 4.99 Å². The van der Waals surface area contributed by atoms with Gasteiger partial charge in [-0.3, -0.25) is 0 Å². The Morgan fingerprint density at radius 1 is 1.42 bits per heavy atom. The lowest BCUT2D eigenvalue weighted by molar-refractivity contribution is 0.266. The van der Waals surface area contributed by atoms with Crippen LogP contribution >= 0.6 is 23.8 Å². The van der Waals surface area contributed by atoms with E-state index in [0.29, 0.717) is 22.0 Å². The Bertz CT molecular complexity index is 490. The fourth-order valence-corrected chi connectivity index (χ4v) is 3.14. The van der Waals surface area contributed by atoms with Gasteiger partial charge in [-0.1, -0.05) is 30.7 Å². The van der Waals surface area contributed by atoms with E-state index in [9.17, 15) is 0 Å². The first-order valence-electron chi connectivity index (χ1n) is 6.41. The quantitative estimate of drug-likeness (QED) is 0.868. The molecule has 0 aromatic heterocycles. The Balaban J connectivity index is 2.31. The van der Waals surface area contributed by atoms with Crippen LogP contribution in [0.4, 0.5) is 5.69 Å². The van der Waals surface area contributed by atoms with Gasteiger partial charge < -0.3 is 15.5 Å². The fourth-order valence-electron chi connectivity index (χ4n) is 2.80. The summed E-state index contributed by atoms with van der Waals surface area (Å²) in [6.45, 7) is 4.28. The number of rotatable bonds is 3. The van der Waals surface area contributed by atoms with E-state index in [1.165, 1.54) is 0 Å². The molecule has 0 saturated carbocycles. The zero-order chi connectivity index (χ0) is 14.2. The monoisotopic (exact) mass is 297 g/mol. The molecular weight excluding hydrogens is 278 g/mol. The van der Waals surface area contributed by atoms with Gasteiger partial charge in [-0.25, -0.2) is 0 Å². The van der Waals surface area contributed by atoms with E-state index >= 15 is 0 Å². The summed E-state index contributed by atoms with van der Waals surface area (Å²) < 4.78 is 0. The Morgan fingerprint density at radius 3 is 2.63 bits per heavy atom. The molecule has 19 heavy (non-hydrogen) atoms. The predicted molar refractivity (Wildman–Crippen MR) is 86.2 cm³/mol. The molecule has 1 aromatic rings. The number of thiocarbonyl (C=S) groups is 1. The van der Waals surface area contributed by atoms with Crippen LogP contribution in [0.3, 0.4) is 0 Å². The van der Waals surface area contributed by atoms with Crippen LogP contribution in [0, 0.1) is 5.92 Å². The minimum atomic E-state index is 0.401. The Morgan fingerprint density at radius 2 is 2.11 bits per heavy atom. The van der Waals surface area contributed by atoms with Crippen molar-refractivity contribution < 1.29 is 0 Å². The number of nitrogens with two attached hydrogens (primary N) is 1. The maximum absolute atomic E-state index is 6.03. The van der Waals surface area contributed by atoms with Crippen LogP contribution in [0.1, 0.15) is 12.5 Å². The normalized spacial score (nSPS) is 23.1. The number of likely N-dealkylation sites (N-methyl/N-ethyl adjacent to an activating group) is 1. The zero-order valence-electron chi connectivity index (χ0n) is 11.6. The number of nitrogens with zero attached hydrogens (tertiary/aromatic N) is 2. The standard InChI is InChI=1S/C14H20ClN3S/c1-9-7-18(8-13(9)17(2)3)12-5-4-10(15)6-11(12)14(16)19/h4-6,9,13H,7-8H2,1-3H3,(H2,16,19). The number of hydrogen-bond acceptors (Lipinski definition) is 3. The summed E-state index contributed by atoms with van der Waals surface area (Å²) in [7, 11) is 4.25. The molecule has 0 aliphatic carbocycles. The van der Waals surface area contributed by atoms with Crippen LogP contribution in [-0.4, -0.2) is 43.1 Å². The average molecular weight is 298 g/mol. The van der Waals surface area contributed by atoms with Crippen LogP contribution in [0.25, 0.3) is 0 Å². The van der Waals surface area contributed by atoms with Crippen LogP contribution in [0.15, 0.2) is 18.2 Å². The highest BCUT2D eigenvalue weighted by Crippen LogP contribution is 2.30. The third kappa shape index (κ3) is 3.02. The van der Waals surface area contributed by atoms with Gasteiger partial charge in [0.05, 0.1) is 0 Å². The van der Waals surface area contributed by atoms with E-state index in [-0.39, 0.29) is 0 Å². The van der Waals surface area contributed by atoms with E-state index in [4.69, 9.17) is 29.6 Å². The highest BCUT2D eigenvalue weighted by atomic mass is 35.5. The molecule has 0 bridgehead atoms. The highest BCUT2D eigenvalue weighted by Gasteiger charge is 2.32. The lowest BCUT2D eigenvalue weighted by Crippen LogP contribution is -2.34. The Labute approximate surface area is 125 Å². The SMILES string of the molecule is CC1CN(c2ccc(Cl)cc2C(N)=S)CC1N(C)C. The minimum absolute atomic E-state index is 0.401. The Hall–Kier alpha value is -0.840. The summed E-state index contributed by atoms with van der Waals surface area (Å²) in [5.41, 5.74) is 7.78. The molecule has 1 heterocycles. The van der Waals surface area contributed by atoms with Crippen molar-refractivity contribution in [2.45, 2.75) is 13.0 Å². The molecule has 0 spiro atoms. The van der Waals surface area contributed by atoms with E-state index in [1.807, 2.05) is 18.2 Å². The van der Waals surface area contributed by atoms with Crippen molar-refractivity contribution in [3.63, 3.8) is 0 Å².